The van der Waals surface area contributed by atoms with Crippen LogP contribution in [-0.4, -0.2) is 46.2 Å². The molecule has 1 aliphatic rings. The first kappa shape index (κ1) is 19.1. The summed E-state index contributed by atoms with van der Waals surface area (Å²) in [6, 6.07) is 13.2. The molecule has 0 spiro atoms. The Bertz CT molecular complexity index is 791. The van der Waals surface area contributed by atoms with Gasteiger partial charge in [0.1, 0.15) is 5.69 Å². The lowest BCUT2D eigenvalue weighted by atomic mass is 10.00. The molecule has 27 heavy (non-hydrogen) atoms. The number of amides is 2. The molecule has 0 N–H and O–H groups in total. The molecular formula is C22H27N3O2. The van der Waals surface area contributed by atoms with Crippen molar-refractivity contribution in [3.05, 3.63) is 65.5 Å². The van der Waals surface area contributed by atoms with E-state index in [-0.39, 0.29) is 11.8 Å². The number of likely N-dealkylation sites (tertiary alicyclic amines) is 1. The SMILES string of the molecule is CCN(Cc1ccccc1)C(=O)c1ccnc(C(=O)N2CCCC(C)C2)c1. The predicted molar refractivity (Wildman–Crippen MR) is 105 cm³/mol. The molecule has 0 bridgehead atoms. The molecule has 1 atom stereocenters. The average molecular weight is 365 g/mol. The van der Waals surface area contributed by atoms with E-state index in [4.69, 9.17) is 0 Å². The molecule has 142 valence electrons. The molecular weight excluding hydrogens is 338 g/mol. The van der Waals surface area contributed by atoms with Gasteiger partial charge in [-0.05, 0) is 43.4 Å². The van der Waals surface area contributed by atoms with Gasteiger partial charge in [-0.15, -0.1) is 0 Å². The highest BCUT2D eigenvalue weighted by Crippen LogP contribution is 2.18. The van der Waals surface area contributed by atoms with Gasteiger partial charge in [-0.3, -0.25) is 14.6 Å². The molecule has 0 radical (unpaired) electrons. The van der Waals surface area contributed by atoms with E-state index in [0.717, 1.165) is 31.5 Å². The molecule has 1 aliphatic heterocycles. The number of benzene rings is 1. The van der Waals surface area contributed by atoms with E-state index in [9.17, 15) is 9.59 Å². The van der Waals surface area contributed by atoms with E-state index in [0.29, 0.717) is 30.3 Å². The first-order valence-electron chi connectivity index (χ1n) is 9.67. The van der Waals surface area contributed by atoms with Crippen molar-refractivity contribution >= 4 is 11.8 Å². The average Bonchev–Trinajstić information content (AvgIpc) is 2.72. The fourth-order valence-corrected chi connectivity index (χ4v) is 3.53. The van der Waals surface area contributed by atoms with Crippen LogP contribution in [0.3, 0.4) is 0 Å². The number of nitrogens with zero attached hydrogens (tertiary/aromatic N) is 3. The van der Waals surface area contributed by atoms with Crippen molar-refractivity contribution in [2.24, 2.45) is 5.92 Å². The number of piperidine rings is 1. The first-order chi connectivity index (χ1) is 13.1. The minimum absolute atomic E-state index is 0.0789. The zero-order valence-corrected chi connectivity index (χ0v) is 16.1. The normalized spacial score (nSPS) is 16.8. The molecule has 0 saturated carbocycles. The highest BCUT2D eigenvalue weighted by atomic mass is 16.2. The number of aromatic nitrogens is 1. The number of pyridine rings is 1. The maximum atomic E-state index is 13.0. The summed E-state index contributed by atoms with van der Waals surface area (Å²) < 4.78 is 0. The molecule has 0 aliphatic carbocycles. The van der Waals surface area contributed by atoms with Crippen LogP contribution in [0.5, 0.6) is 0 Å². The second-order valence-electron chi connectivity index (χ2n) is 7.23. The summed E-state index contributed by atoms with van der Waals surface area (Å²) in [5.41, 5.74) is 1.95. The molecule has 1 unspecified atom stereocenters. The largest absolute Gasteiger partial charge is 0.337 e. The Morgan fingerprint density at radius 3 is 2.70 bits per heavy atom. The Labute approximate surface area is 161 Å². The van der Waals surface area contributed by atoms with Crippen LogP contribution < -0.4 is 0 Å². The molecule has 1 saturated heterocycles. The molecule has 3 rings (SSSR count). The van der Waals surface area contributed by atoms with E-state index in [1.807, 2.05) is 42.2 Å². The van der Waals surface area contributed by atoms with Crippen LogP contribution in [0.4, 0.5) is 0 Å². The van der Waals surface area contributed by atoms with Crippen molar-refractivity contribution in [1.82, 2.24) is 14.8 Å². The van der Waals surface area contributed by atoms with Gasteiger partial charge in [-0.25, -0.2) is 0 Å². The molecule has 2 aromatic rings. The lowest BCUT2D eigenvalue weighted by Crippen LogP contribution is -2.39. The summed E-state index contributed by atoms with van der Waals surface area (Å²) in [5, 5.41) is 0. The number of carbonyl (C=O) groups is 2. The third-order valence-corrected chi connectivity index (χ3v) is 5.06. The molecule has 5 nitrogen and oxygen atoms in total. The zero-order valence-electron chi connectivity index (χ0n) is 16.1. The summed E-state index contributed by atoms with van der Waals surface area (Å²) in [6.45, 7) is 6.79. The lowest BCUT2D eigenvalue weighted by molar-refractivity contribution is 0.0677. The van der Waals surface area contributed by atoms with Gasteiger partial charge in [0.2, 0.25) is 0 Å². The molecule has 2 amide bonds. The van der Waals surface area contributed by atoms with E-state index < -0.39 is 0 Å². The predicted octanol–water partition coefficient (Wildman–Crippen LogP) is 3.62. The Hall–Kier alpha value is -2.69. The Morgan fingerprint density at radius 2 is 2.00 bits per heavy atom. The fraction of sp³-hybridized carbons (Fsp3) is 0.409. The molecule has 5 heteroatoms. The topological polar surface area (TPSA) is 53.5 Å². The van der Waals surface area contributed by atoms with E-state index >= 15 is 0 Å². The van der Waals surface area contributed by atoms with Gasteiger partial charge in [-0.1, -0.05) is 37.3 Å². The van der Waals surface area contributed by atoms with Gasteiger partial charge in [-0.2, -0.15) is 0 Å². The monoisotopic (exact) mass is 365 g/mol. The minimum Gasteiger partial charge on any atom is -0.337 e. The number of rotatable bonds is 5. The smallest absolute Gasteiger partial charge is 0.272 e. The summed E-state index contributed by atoms with van der Waals surface area (Å²) in [7, 11) is 0. The lowest BCUT2D eigenvalue weighted by Gasteiger charge is -2.30. The summed E-state index contributed by atoms with van der Waals surface area (Å²) in [4.78, 5) is 33.6. The standard InChI is InChI=1S/C22H27N3O2/c1-3-24(16-18-9-5-4-6-10-18)21(26)19-11-12-23-20(14-19)22(27)25-13-7-8-17(2)15-25/h4-6,9-12,14,17H,3,7-8,13,15-16H2,1-2H3. The quantitative estimate of drug-likeness (QED) is 0.813. The van der Waals surface area contributed by atoms with Crippen LogP contribution in [0, 0.1) is 5.92 Å². The Kier molecular flexibility index (Phi) is 6.22. The van der Waals surface area contributed by atoms with E-state index in [1.54, 1.807) is 23.2 Å². The van der Waals surface area contributed by atoms with Crippen LogP contribution >= 0.6 is 0 Å². The van der Waals surface area contributed by atoms with Gasteiger partial charge < -0.3 is 9.80 Å². The van der Waals surface area contributed by atoms with Crippen LogP contribution in [0.1, 0.15) is 53.1 Å². The number of hydrogen-bond acceptors (Lipinski definition) is 3. The summed E-state index contributed by atoms with van der Waals surface area (Å²) in [5.74, 6) is 0.348. The van der Waals surface area contributed by atoms with Gasteiger partial charge in [0.15, 0.2) is 0 Å². The number of hydrogen-bond donors (Lipinski definition) is 0. The maximum absolute atomic E-state index is 13.0. The molecule has 2 heterocycles. The van der Waals surface area contributed by atoms with Crippen LogP contribution in [0.15, 0.2) is 48.7 Å². The van der Waals surface area contributed by atoms with Crippen molar-refractivity contribution < 1.29 is 9.59 Å². The van der Waals surface area contributed by atoms with Crippen molar-refractivity contribution in [3.63, 3.8) is 0 Å². The number of carbonyl (C=O) groups excluding carboxylic acids is 2. The van der Waals surface area contributed by atoms with Crippen molar-refractivity contribution in [3.8, 4) is 0 Å². The zero-order chi connectivity index (χ0) is 19.2. The Morgan fingerprint density at radius 1 is 1.22 bits per heavy atom. The highest BCUT2D eigenvalue weighted by molar-refractivity contribution is 5.98. The van der Waals surface area contributed by atoms with Crippen LogP contribution in [0.2, 0.25) is 0 Å². The van der Waals surface area contributed by atoms with Gasteiger partial charge in [0.25, 0.3) is 11.8 Å². The second-order valence-corrected chi connectivity index (χ2v) is 7.23. The van der Waals surface area contributed by atoms with Gasteiger partial charge in [0, 0.05) is 37.9 Å². The van der Waals surface area contributed by atoms with Gasteiger partial charge >= 0.3 is 0 Å². The van der Waals surface area contributed by atoms with E-state index in [2.05, 4.69) is 11.9 Å². The van der Waals surface area contributed by atoms with Crippen LogP contribution in [-0.2, 0) is 6.54 Å². The maximum Gasteiger partial charge on any atom is 0.272 e. The highest BCUT2D eigenvalue weighted by Gasteiger charge is 2.24. The first-order valence-corrected chi connectivity index (χ1v) is 9.67. The fourth-order valence-electron chi connectivity index (χ4n) is 3.53. The minimum atomic E-state index is -0.0812. The molecule has 1 aromatic carbocycles. The van der Waals surface area contributed by atoms with Crippen molar-refractivity contribution in [1.29, 1.82) is 0 Å². The molecule has 1 fully saturated rings. The van der Waals surface area contributed by atoms with Gasteiger partial charge in [0.05, 0.1) is 0 Å². The third kappa shape index (κ3) is 4.73. The van der Waals surface area contributed by atoms with Crippen molar-refractivity contribution in [2.75, 3.05) is 19.6 Å². The second kappa shape index (κ2) is 8.80. The third-order valence-electron chi connectivity index (χ3n) is 5.06. The summed E-state index contributed by atoms with van der Waals surface area (Å²) in [6.07, 6.45) is 3.73. The molecule has 1 aromatic heterocycles. The summed E-state index contributed by atoms with van der Waals surface area (Å²) >= 11 is 0. The van der Waals surface area contributed by atoms with Crippen molar-refractivity contribution in [2.45, 2.75) is 33.2 Å². The van der Waals surface area contributed by atoms with E-state index in [1.165, 1.54) is 0 Å². The Balaban J connectivity index is 1.75. The van der Waals surface area contributed by atoms with Crippen LogP contribution in [0.25, 0.3) is 0 Å².